The number of anilines is 2. The van der Waals surface area contributed by atoms with E-state index in [-0.39, 0.29) is 27.9 Å². The van der Waals surface area contributed by atoms with Crippen LogP contribution < -0.4 is 16.0 Å². The molecule has 0 bridgehead atoms. The molecule has 0 atom stereocenters. The average molecular weight is 411 g/mol. The fourth-order valence-electron chi connectivity index (χ4n) is 3.49. The van der Waals surface area contributed by atoms with Gasteiger partial charge in [0.05, 0.1) is 16.1 Å². The fraction of sp³-hybridized carbons (Fsp3) is 0.333. The van der Waals surface area contributed by atoms with Crippen molar-refractivity contribution >= 4 is 28.6 Å². The van der Waals surface area contributed by atoms with E-state index in [0.29, 0.717) is 31.0 Å². The number of hydrogen-bond donors (Lipinski definition) is 3. The van der Waals surface area contributed by atoms with Gasteiger partial charge in [0.25, 0.3) is 5.69 Å². The number of nitro benzene ring substituents is 1. The van der Waals surface area contributed by atoms with Crippen molar-refractivity contribution < 1.29 is 14.5 Å². The van der Waals surface area contributed by atoms with E-state index in [0.717, 1.165) is 6.54 Å². The molecule has 0 saturated heterocycles. The van der Waals surface area contributed by atoms with Crippen LogP contribution in [0.5, 0.6) is 0 Å². The van der Waals surface area contributed by atoms with Crippen LogP contribution in [0.3, 0.4) is 0 Å². The molecular weight excluding hydrogens is 386 g/mol. The number of ketones is 2. The smallest absolute Gasteiger partial charge is 0.281 e. The van der Waals surface area contributed by atoms with E-state index in [1.165, 1.54) is 12.1 Å². The Kier molecular flexibility index (Phi) is 6.43. The van der Waals surface area contributed by atoms with Crippen molar-refractivity contribution in [2.45, 2.75) is 0 Å². The maximum absolute atomic E-state index is 13.4. The number of carbonyl (C=O) groups excluding carboxylic acids is 2. The second kappa shape index (κ2) is 9.02. The molecule has 0 aromatic heterocycles. The van der Waals surface area contributed by atoms with Gasteiger partial charge in [0.1, 0.15) is 5.56 Å². The topological polar surface area (TPSA) is 117 Å². The van der Waals surface area contributed by atoms with E-state index in [4.69, 9.17) is 0 Å². The first-order valence-corrected chi connectivity index (χ1v) is 9.67. The maximum atomic E-state index is 13.4. The molecule has 0 unspecified atom stereocenters. The minimum Gasteiger partial charge on any atom is -0.383 e. The summed E-state index contributed by atoms with van der Waals surface area (Å²) >= 11 is 0. The lowest BCUT2D eigenvalue weighted by Crippen LogP contribution is -2.27. The third kappa shape index (κ3) is 4.03. The lowest BCUT2D eigenvalue weighted by molar-refractivity contribution is -0.385. The molecular formula is C21H25N5O4. The second-order valence-corrected chi connectivity index (χ2v) is 7.29. The molecule has 3 N–H and O–H groups in total. The van der Waals surface area contributed by atoms with Gasteiger partial charge >= 0.3 is 0 Å². The molecule has 9 heteroatoms. The Bertz CT molecular complexity index is 1000. The zero-order chi connectivity index (χ0) is 21.8. The standard InChI is InChI=1S/C21H25N5O4/c1-22-9-10-23-15-7-8-16(26(29)30)19-18(15)20(27)13-5-4-6-14(17(13)21(19)28)24-11-12-25(2)3/h4-8,22-24H,9-12H2,1-3H3. The summed E-state index contributed by atoms with van der Waals surface area (Å²) in [6, 6.07) is 7.77. The van der Waals surface area contributed by atoms with Gasteiger partial charge in [-0.1, -0.05) is 12.1 Å². The molecule has 30 heavy (non-hydrogen) atoms. The number of likely N-dealkylation sites (N-methyl/N-ethyl adjacent to an activating group) is 2. The van der Waals surface area contributed by atoms with Crippen molar-refractivity contribution in [2.75, 3.05) is 58.0 Å². The Balaban J connectivity index is 2.11. The van der Waals surface area contributed by atoms with E-state index in [1.807, 2.05) is 19.0 Å². The van der Waals surface area contributed by atoms with E-state index >= 15 is 0 Å². The largest absolute Gasteiger partial charge is 0.383 e. The SMILES string of the molecule is CNCCNc1ccc([N+](=O)[O-])c2c1C(=O)c1cccc(NCCN(C)C)c1C2=O. The highest BCUT2D eigenvalue weighted by Crippen LogP contribution is 2.39. The second-order valence-electron chi connectivity index (χ2n) is 7.29. The first-order chi connectivity index (χ1) is 14.4. The van der Waals surface area contributed by atoms with Crippen molar-refractivity contribution in [3.63, 3.8) is 0 Å². The van der Waals surface area contributed by atoms with Crippen LogP contribution >= 0.6 is 0 Å². The Labute approximate surface area is 174 Å². The molecule has 0 aliphatic heterocycles. The van der Waals surface area contributed by atoms with Crippen LogP contribution in [0, 0.1) is 10.1 Å². The predicted molar refractivity (Wildman–Crippen MR) is 116 cm³/mol. The van der Waals surface area contributed by atoms with Crippen molar-refractivity contribution in [3.05, 3.63) is 62.7 Å². The Morgan fingerprint density at radius 3 is 2.27 bits per heavy atom. The average Bonchev–Trinajstić information content (AvgIpc) is 2.71. The molecule has 1 aliphatic carbocycles. The van der Waals surface area contributed by atoms with Gasteiger partial charge in [-0.15, -0.1) is 0 Å². The van der Waals surface area contributed by atoms with Crippen LogP contribution in [0.4, 0.5) is 17.1 Å². The van der Waals surface area contributed by atoms with Gasteiger partial charge in [-0.25, -0.2) is 0 Å². The minimum atomic E-state index is -0.617. The van der Waals surface area contributed by atoms with E-state index in [1.54, 1.807) is 25.2 Å². The van der Waals surface area contributed by atoms with Crippen LogP contribution in [0.25, 0.3) is 0 Å². The van der Waals surface area contributed by atoms with Crippen molar-refractivity contribution in [2.24, 2.45) is 0 Å². The summed E-state index contributed by atoms with van der Waals surface area (Å²) in [6.45, 7) is 2.42. The van der Waals surface area contributed by atoms with Crippen LogP contribution in [-0.4, -0.2) is 68.7 Å². The maximum Gasteiger partial charge on any atom is 0.281 e. The number of nitrogens with one attached hydrogen (secondary N) is 3. The summed E-state index contributed by atoms with van der Waals surface area (Å²) in [6.07, 6.45) is 0. The number of nitro groups is 1. The van der Waals surface area contributed by atoms with Gasteiger partial charge in [0.2, 0.25) is 5.78 Å². The first-order valence-electron chi connectivity index (χ1n) is 9.67. The summed E-state index contributed by atoms with van der Waals surface area (Å²) in [5, 5.41) is 20.9. The molecule has 158 valence electrons. The molecule has 3 rings (SSSR count). The van der Waals surface area contributed by atoms with Crippen LogP contribution in [0.15, 0.2) is 30.3 Å². The third-order valence-corrected chi connectivity index (χ3v) is 4.94. The molecule has 0 heterocycles. The predicted octanol–water partition coefficient (Wildman–Crippen LogP) is 1.97. The minimum absolute atomic E-state index is 0.0586. The van der Waals surface area contributed by atoms with Crippen LogP contribution in [0.2, 0.25) is 0 Å². The van der Waals surface area contributed by atoms with E-state index in [9.17, 15) is 19.7 Å². The summed E-state index contributed by atoms with van der Waals surface area (Å²) in [7, 11) is 5.65. The molecule has 0 amide bonds. The fourth-order valence-corrected chi connectivity index (χ4v) is 3.49. The highest BCUT2D eigenvalue weighted by Gasteiger charge is 2.38. The van der Waals surface area contributed by atoms with Gasteiger partial charge in [-0.05, 0) is 33.3 Å². The summed E-state index contributed by atoms with van der Waals surface area (Å²) in [5.41, 5.74) is 0.888. The summed E-state index contributed by atoms with van der Waals surface area (Å²) < 4.78 is 0. The van der Waals surface area contributed by atoms with Crippen molar-refractivity contribution in [3.8, 4) is 0 Å². The third-order valence-electron chi connectivity index (χ3n) is 4.94. The van der Waals surface area contributed by atoms with Gasteiger partial charge in [0.15, 0.2) is 5.78 Å². The van der Waals surface area contributed by atoms with Gasteiger partial charge in [0, 0.05) is 49.2 Å². The zero-order valence-corrected chi connectivity index (χ0v) is 17.2. The Hall–Kier alpha value is -3.30. The lowest BCUT2D eigenvalue weighted by atomic mass is 9.81. The number of hydrogen-bond acceptors (Lipinski definition) is 8. The highest BCUT2D eigenvalue weighted by atomic mass is 16.6. The molecule has 0 radical (unpaired) electrons. The number of fused-ring (bicyclic) bond motifs is 2. The van der Waals surface area contributed by atoms with E-state index in [2.05, 4.69) is 16.0 Å². The summed E-state index contributed by atoms with van der Waals surface area (Å²) in [5.74, 6) is -0.914. The quantitative estimate of drug-likeness (QED) is 0.278. The molecule has 0 saturated carbocycles. The Morgan fingerprint density at radius 2 is 1.60 bits per heavy atom. The Morgan fingerprint density at radius 1 is 0.900 bits per heavy atom. The van der Waals surface area contributed by atoms with Gasteiger partial charge < -0.3 is 20.9 Å². The highest BCUT2D eigenvalue weighted by molar-refractivity contribution is 6.33. The number of benzene rings is 2. The number of nitrogens with zero attached hydrogens (tertiary/aromatic N) is 2. The van der Waals surface area contributed by atoms with Crippen molar-refractivity contribution in [1.82, 2.24) is 10.2 Å². The number of rotatable bonds is 9. The molecule has 0 spiro atoms. The molecule has 2 aromatic rings. The monoisotopic (exact) mass is 411 g/mol. The van der Waals surface area contributed by atoms with Gasteiger partial charge in [-0.3, -0.25) is 19.7 Å². The summed E-state index contributed by atoms with van der Waals surface area (Å²) in [4.78, 5) is 39.8. The van der Waals surface area contributed by atoms with Crippen LogP contribution in [-0.2, 0) is 0 Å². The lowest BCUT2D eigenvalue weighted by Gasteiger charge is -2.23. The van der Waals surface area contributed by atoms with Crippen molar-refractivity contribution in [1.29, 1.82) is 0 Å². The first kappa shape index (κ1) is 21.4. The van der Waals surface area contributed by atoms with Crippen LogP contribution in [0.1, 0.15) is 31.8 Å². The molecule has 1 aliphatic rings. The molecule has 9 nitrogen and oxygen atoms in total. The normalized spacial score (nSPS) is 12.5. The molecule has 2 aromatic carbocycles. The number of carbonyl (C=O) groups is 2. The van der Waals surface area contributed by atoms with Gasteiger partial charge in [-0.2, -0.15) is 0 Å². The zero-order valence-electron chi connectivity index (χ0n) is 17.2. The van der Waals surface area contributed by atoms with E-state index < -0.39 is 16.5 Å². The molecule has 0 fully saturated rings.